The molecule has 0 spiro atoms. The standard InChI is InChI=1S/C14H15F2NO4/c15-12(16)8-17(5-6-18)7-10-9-3-1-2-4-11(9)21-13(10)14(19)20/h1-4,12,18H,5-8H2,(H,19,20). The van der Waals surface area contributed by atoms with Crippen molar-refractivity contribution in [3.63, 3.8) is 0 Å². The van der Waals surface area contributed by atoms with Crippen molar-refractivity contribution in [1.82, 2.24) is 4.90 Å². The molecule has 2 N–H and O–H groups in total. The highest BCUT2D eigenvalue weighted by atomic mass is 19.3. The van der Waals surface area contributed by atoms with Crippen molar-refractivity contribution in [2.24, 2.45) is 0 Å². The highest BCUT2D eigenvalue weighted by Crippen LogP contribution is 2.27. The van der Waals surface area contributed by atoms with Crippen LogP contribution in [0.1, 0.15) is 16.1 Å². The van der Waals surface area contributed by atoms with Crippen molar-refractivity contribution in [1.29, 1.82) is 0 Å². The molecular formula is C14H15F2NO4. The van der Waals surface area contributed by atoms with Crippen LogP contribution in [-0.4, -0.2) is 47.2 Å². The third-order valence-electron chi connectivity index (χ3n) is 3.09. The largest absolute Gasteiger partial charge is 0.475 e. The van der Waals surface area contributed by atoms with Gasteiger partial charge in [-0.25, -0.2) is 13.6 Å². The Kier molecular flexibility index (Phi) is 4.87. The van der Waals surface area contributed by atoms with E-state index in [0.717, 1.165) is 0 Å². The Balaban J connectivity index is 2.38. The first-order chi connectivity index (χ1) is 10.0. The summed E-state index contributed by atoms with van der Waals surface area (Å²) in [6.07, 6.45) is -2.57. The normalized spacial score (nSPS) is 11.7. The van der Waals surface area contributed by atoms with Gasteiger partial charge in [0.05, 0.1) is 13.2 Å². The van der Waals surface area contributed by atoms with E-state index in [1.807, 2.05) is 0 Å². The minimum Gasteiger partial charge on any atom is -0.475 e. The topological polar surface area (TPSA) is 73.9 Å². The minimum atomic E-state index is -2.57. The molecule has 2 rings (SSSR count). The van der Waals surface area contributed by atoms with Crippen molar-refractivity contribution < 1.29 is 28.2 Å². The van der Waals surface area contributed by atoms with Gasteiger partial charge in [-0.05, 0) is 6.07 Å². The summed E-state index contributed by atoms with van der Waals surface area (Å²) < 4.78 is 30.4. The first-order valence-electron chi connectivity index (χ1n) is 6.38. The summed E-state index contributed by atoms with van der Waals surface area (Å²) in [4.78, 5) is 12.5. The Bertz CT molecular complexity index is 626. The molecule has 1 aromatic carbocycles. The quantitative estimate of drug-likeness (QED) is 0.820. The van der Waals surface area contributed by atoms with Gasteiger partial charge in [-0.3, -0.25) is 4.90 Å². The van der Waals surface area contributed by atoms with Gasteiger partial charge in [0.15, 0.2) is 0 Å². The van der Waals surface area contributed by atoms with Crippen LogP contribution in [0.15, 0.2) is 28.7 Å². The number of carboxylic acid groups (broad SMARTS) is 1. The van der Waals surface area contributed by atoms with Crippen molar-refractivity contribution in [2.45, 2.75) is 13.0 Å². The smallest absolute Gasteiger partial charge is 0.372 e. The van der Waals surface area contributed by atoms with Gasteiger partial charge in [0.2, 0.25) is 5.76 Å². The van der Waals surface area contributed by atoms with Crippen LogP contribution in [0.2, 0.25) is 0 Å². The monoisotopic (exact) mass is 299 g/mol. The van der Waals surface area contributed by atoms with Gasteiger partial charge < -0.3 is 14.6 Å². The van der Waals surface area contributed by atoms with Crippen molar-refractivity contribution in [2.75, 3.05) is 19.7 Å². The fourth-order valence-corrected chi connectivity index (χ4v) is 2.22. The number of alkyl halides is 2. The maximum absolute atomic E-state index is 12.5. The number of benzene rings is 1. The molecule has 114 valence electrons. The molecule has 7 heteroatoms. The number of carboxylic acids is 1. The van der Waals surface area contributed by atoms with E-state index in [9.17, 15) is 18.7 Å². The lowest BCUT2D eigenvalue weighted by Crippen LogP contribution is -2.31. The van der Waals surface area contributed by atoms with Crippen LogP contribution in [0.3, 0.4) is 0 Å². The molecular weight excluding hydrogens is 284 g/mol. The number of rotatable bonds is 7. The lowest BCUT2D eigenvalue weighted by atomic mass is 10.1. The Morgan fingerprint density at radius 2 is 2.05 bits per heavy atom. The average molecular weight is 299 g/mol. The van der Waals surface area contributed by atoms with Gasteiger partial charge in [0.25, 0.3) is 6.43 Å². The lowest BCUT2D eigenvalue weighted by Gasteiger charge is -2.20. The second-order valence-corrected chi connectivity index (χ2v) is 4.56. The van der Waals surface area contributed by atoms with Crippen molar-refractivity contribution in [3.05, 3.63) is 35.6 Å². The van der Waals surface area contributed by atoms with Gasteiger partial charge in [-0.1, -0.05) is 18.2 Å². The van der Waals surface area contributed by atoms with E-state index < -0.39 is 18.9 Å². The van der Waals surface area contributed by atoms with Crippen LogP contribution in [0.5, 0.6) is 0 Å². The second kappa shape index (κ2) is 6.64. The van der Waals surface area contributed by atoms with Gasteiger partial charge in [-0.2, -0.15) is 0 Å². The van der Waals surface area contributed by atoms with Crippen LogP contribution >= 0.6 is 0 Å². The van der Waals surface area contributed by atoms with Crippen LogP contribution in [0, 0.1) is 0 Å². The zero-order valence-corrected chi connectivity index (χ0v) is 11.1. The molecule has 0 aliphatic carbocycles. The number of fused-ring (bicyclic) bond motifs is 1. The molecule has 0 bridgehead atoms. The minimum absolute atomic E-state index is 0.0243. The molecule has 0 amide bonds. The number of aliphatic hydroxyl groups is 1. The van der Waals surface area contributed by atoms with Gasteiger partial charge in [-0.15, -0.1) is 0 Å². The first-order valence-corrected chi connectivity index (χ1v) is 6.38. The Labute approximate surface area is 119 Å². The number of aliphatic hydroxyl groups excluding tert-OH is 1. The Hall–Kier alpha value is -1.99. The first kappa shape index (κ1) is 15.4. The number of hydrogen-bond acceptors (Lipinski definition) is 4. The molecule has 5 nitrogen and oxygen atoms in total. The van der Waals surface area contributed by atoms with E-state index in [2.05, 4.69) is 0 Å². The molecule has 0 aliphatic rings. The zero-order chi connectivity index (χ0) is 15.4. The number of para-hydroxylation sites is 1. The predicted molar refractivity (Wildman–Crippen MR) is 71.5 cm³/mol. The third-order valence-corrected chi connectivity index (χ3v) is 3.09. The summed E-state index contributed by atoms with van der Waals surface area (Å²) in [6.45, 7) is -0.823. The molecule has 1 aromatic heterocycles. The maximum Gasteiger partial charge on any atom is 0.372 e. The molecule has 0 radical (unpaired) electrons. The molecule has 0 saturated heterocycles. The van der Waals surface area contributed by atoms with E-state index >= 15 is 0 Å². The fourth-order valence-electron chi connectivity index (χ4n) is 2.22. The van der Waals surface area contributed by atoms with Crippen LogP contribution < -0.4 is 0 Å². The van der Waals surface area contributed by atoms with Crippen LogP contribution in [-0.2, 0) is 6.54 Å². The average Bonchev–Trinajstić information content (AvgIpc) is 2.78. The summed E-state index contributed by atoms with van der Waals surface area (Å²) in [5.41, 5.74) is 0.734. The van der Waals surface area contributed by atoms with Crippen molar-refractivity contribution >= 4 is 16.9 Å². The summed E-state index contributed by atoms with van der Waals surface area (Å²) in [7, 11) is 0. The number of halogens is 2. The molecule has 0 unspecified atom stereocenters. The van der Waals surface area contributed by atoms with E-state index in [1.54, 1.807) is 24.3 Å². The van der Waals surface area contributed by atoms with Gasteiger partial charge in [0, 0.05) is 24.0 Å². The Morgan fingerprint density at radius 1 is 1.33 bits per heavy atom. The highest BCUT2D eigenvalue weighted by molar-refractivity contribution is 5.95. The zero-order valence-electron chi connectivity index (χ0n) is 11.1. The molecule has 1 heterocycles. The summed E-state index contributed by atoms with van der Waals surface area (Å²) in [5, 5.41) is 18.7. The van der Waals surface area contributed by atoms with Gasteiger partial charge in [0.1, 0.15) is 5.58 Å². The Morgan fingerprint density at radius 3 is 2.67 bits per heavy atom. The van der Waals surface area contributed by atoms with Gasteiger partial charge >= 0.3 is 5.97 Å². The number of nitrogens with zero attached hydrogens (tertiary/aromatic N) is 1. The van der Waals surface area contributed by atoms with Crippen LogP contribution in [0.25, 0.3) is 11.0 Å². The van der Waals surface area contributed by atoms with E-state index in [0.29, 0.717) is 16.5 Å². The molecule has 0 atom stereocenters. The molecule has 0 aliphatic heterocycles. The molecule has 21 heavy (non-hydrogen) atoms. The maximum atomic E-state index is 12.5. The molecule has 0 saturated carbocycles. The number of aromatic carboxylic acids is 1. The van der Waals surface area contributed by atoms with Crippen LogP contribution in [0.4, 0.5) is 8.78 Å². The second-order valence-electron chi connectivity index (χ2n) is 4.56. The summed E-state index contributed by atoms with van der Waals surface area (Å²) in [5.74, 6) is -1.50. The predicted octanol–water partition coefficient (Wildman–Crippen LogP) is 2.19. The molecule has 0 fully saturated rings. The highest BCUT2D eigenvalue weighted by Gasteiger charge is 2.22. The van der Waals surface area contributed by atoms with Crippen molar-refractivity contribution in [3.8, 4) is 0 Å². The lowest BCUT2D eigenvalue weighted by molar-refractivity contribution is 0.0652. The van der Waals surface area contributed by atoms with E-state index in [-0.39, 0.29) is 25.5 Å². The van der Waals surface area contributed by atoms with E-state index in [1.165, 1.54) is 4.90 Å². The summed E-state index contributed by atoms with van der Waals surface area (Å²) >= 11 is 0. The number of furan rings is 1. The third kappa shape index (κ3) is 3.56. The van der Waals surface area contributed by atoms with E-state index in [4.69, 9.17) is 9.52 Å². The summed E-state index contributed by atoms with van der Waals surface area (Å²) in [6, 6.07) is 6.72. The fraction of sp³-hybridized carbons (Fsp3) is 0.357. The molecule has 2 aromatic rings. The number of carbonyl (C=O) groups is 1. The number of hydrogen-bond donors (Lipinski definition) is 2. The SMILES string of the molecule is O=C(O)c1oc2ccccc2c1CN(CCO)CC(F)F.